The Balaban J connectivity index is 2.14. The maximum atomic E-state index is 4.76. The van der Waals surface area contributed by atoms with Crippen molar-refractivity contribution in [3.05, 3.63) is 36.2 Å². The minimum atomic E-state index is 1.08. The van der Waals surface area contributed by atoms with Crippen LogP contribution in [0.15, 0.2) is 30.3 Å². The van der Waals surface area contributed by atoms with Crippen molar-refractivity contribution < 1.29 is 0 Å². The summed E-state index contributed by atoms with van der Waals surface area (Å²) < 4.78 is 3.86. The number of imidazole rings is 1. The van der Waals surface area contributed by atoms with Gasteiger partial charge in [-0.15, -0.1) is 0 Å². The Morgan fingerprint density at radius 1 is 1.20 bits per heavy atom. The monoisotopic (exact) mass is 212 g/mol. The lowest BCUT2D eigenvalue weighted by Crippen LogP contribution is -2.17. The second-order valence-electron chi connectivity index (χ2n) is 4.08. The maximum Gasteiger partial charge on any atom is 0.290 e. The molecule has 1 aliphatic heterocycles. The highest BCUT2D eigenvalue weighted by Gasteiger charge is 2.17. The van der Waals surface area contributed by atoms with Crippen LogP contribution in [-0.4, -0.2) is 25.8 Å². The zero-order valence-electron chi connectivity index (χ0n) is 8.90. The Bertz CT molecular complexity index is 488. The second kappa shape index (κ2) is 3.52. The van der Waals surface area contributed by atoms with Gasteiger partial charge in [-0.05, 0) is 11.0 Å². The Morgan fingerprint density at radius 3 is 2.73 bits per heavy atom. The molecule has 1 aromatic heterocycles. The molecule has 0 spiro atoms. The van der Waals surface area contributed by atoms with Crippen molar-refractivity contribution in [2.45, 2.75) is 19.4 Å². The highest BCUT2D eigenvalue weighted by atomic mass is 27.0. The van der Waals surface area contributed by atoms with Crippen molar-refractivity contribution >= 4 is 20.8 Å². The molecule has 3 heteroatoms. The molecule has 2 nitrogen and oxygen atoms in total. The number of rotatable bonds is 1. The first-order valence-corrected chi connectivity index (χ1v) is 6.47. The maximum absolute atomic E-state index is 4.76. The standard InChI is InChI=1S/C12H11N2.Al.2H/c1-2-5-10(6-3-1)11-9-14-8-4-7-12(14)13-11;;;/h1-3,5-6H,4,7-8H2;;;. The van der Waals surface area contributed by atoms with Gasteiger partial charge in [-0.25, -0.2) is 4.98 Å². The van der Waals surface area contributed by atoms with Gasteiger partial charge in [-0.2, -0.15) is 0 Å². The first-order chi connectivity index (χ1) is 7.36. The van der Waals surface area contributed by atoms with Crippen LogP contribution in [0.3, 0.4) is 0 Å². The molecule has 0 amide bonds. The lowest BCUT2D eigenvalue weighted by molar-refractivity contribution is 0.766. The minimum Gasteiger partial charge on any atom is -0.349 e. The Kier molecular flexibility index (Phi) is 2.16. The number of nitrogens with zero attached hydrogens (tertiary/aromatic N) is 2. The van der Waals surface area contributed by atoms with E-state index in [-0.39, 0.29) is 0 Å². The molecule has 1 aromatic carbocycles. The normalized spacial score (nSPS) is 14.1. The third kappa shape index (κ3) is 1.43. The summed E-state index contributed by atoms with van der Waals surface area (Å²) in [6.07, 6.45) is 2.43. The molecule has 74 valence electrons. The van der Waals surface area contributed by atoms with Crippen molar-refractivity contribution in [1.82, 2.24) is 9.55 Å². The van der Waals surface area contributed by atoms with Gasteiger partial charge in [0.1, 0.15) is 5.82 Å². The number of hydrogen-bond acceptors (Lipinski definition) is 1. The first-order valence-electron chi connectivity index (χ1n) is 5.47. The van der Waals surface area contributed by atoms with Crippen molar-refractivity contribution in [2.24, 2.45) is 0 Å². The Hall–Kier alpha value is -1.04. The van der Waals surface area contributed by atoms with Gasteiger partial charge >= 0.3 is 0 Å². The molecule has 2 heterocycles. The van der Waals surface area contributed by atoms with Crippen LogP contribution in [0.1, 0.15) is 12.2 Å². The van der Waals surface area contributed by atoms with Gasteiger partial charge in [0.15, 0.2) is 0 Å². The van der Waals surface area contributed by atoms with E-state index in [2.05, 4.69) is 34.9 Å². The van der Waals surface area contributed by atoms with Gasteiger partial charge in [-0.3, -0.25) is 0 Å². The van der Waals surface area contributed by atoms with E-state index in [4.69, 9.17) is 4.98 Å². The third-order valence-electron chi connectivity index (χ3n) is 3.13. The molecule has 0 atom stereocenters. The van der Waals surface area contributed by atoms with E-state index in [9.17, 15) is 0 Å². The molecule has 0 radical (unpaired) electrons. The molecular formula is C12H13AlN2. The number of fused-ring (bicyclic) bond motifs is 1. The number of aryl methyl sites for hydroxylation is 1. The van der Waals surface area contributed by atoms with Crippen LogP contribution in [0.5, 0.6) is 0 Å². The average molecular weight is 212 g/mol. The topological polar surface area (TPSA) is 17.8 Å². The molecule has 0 N–H and O–H groups in total. The van der Waals surface area contributed by atoms with E-state index in [0.29, 0.717) is 0 Å². The summed E-state index contributed by atoms with van der Waals surface area (Å²) in [7, 11) is 0. The highest BCUT2D eigenvalue weighted by molar-refractivity contribution is 6.34. The summed E-state index contributed by atoms with van der Waals surface area (Å²) >= 11 is 1.08. The van der Waals surface area contributed by atoms with Crippen LogP contribution in [0.4, 0.5) is 0 Å². The summed E-state index contributed by atoms with van der Waals surface area (Å²) in [4.78, 5) is 4.76. The van der Waals surface area contributed by atoms with Gasteiger partial charge in [0, 0.05) is 18.5 Å². The molecule has 0 saturated heterocycles. The molecule has 1 aliphatic rings. The minimum absolute atomic E-state index is 1.08. The summed E-state index contributed by atoms with van der Waals surface area (Å²) in [5.74, 6) is 1.29. The summed E-state index contributed by atoms with van der Waals surface area (Å²) in [5.41, 5.74) is 2.49. The van der Waals surface area contributed by atoms with Gasteiger partial charge < -0.3 is 4.57 Å². The summed E-state index contributed by atoms with van der Waals surface area (Å²) in [5, 5.41) is 0. The molecule has 2 aromatic rings. The molecule has 0 unspecified atom stereocenters. The van der Waals surface area contributed by atoms with Crippen LogP contribution in [0.2, 0.25) is 0 Å². The third-order valence-corrected chi connectivity index (χ3v) is 4.14. The van der Waals surface area contributed by atoms with Crippen LogP contribution < -0.4 is 4.56 Å². The van der Waals surface area contributed by atoms with Crippen LogP contribution in [0, 0.1) is 0 Å². The van der Waals surface area contributed by atoms with E-state index in [1.165, 1.54) is 34.6 Å². The molecule has 0 bridgehead atoms. The molecular weight excluding hydrogens is 199 g/mol. The van der Waals surface area contributed by atoms with Crippen molar-refractivity contribution in [3.63, 3.8) is 0 Å². The van der Waals surface area contributed by atoms with E-state index < -0.39 is 0 Å². The predicted octanol–water partition coefficient (Wildman–Crippen LogP) is 0.755. The molecule has 15 heavy (non-hydrogen) atoms. The fourth-order valence-electron chi connectivity index (χ4n) is 2.34. The number of aromatic nitrogens is 2. The van der Waals surface area contributed by atoms with Gasteiger partial charge in [0.2, 0.25) is 0 Å². The fraction of sp³-hybridized carbons (Fsp3) is 0.250. The van der Waals surface area contributed by atoms with Gasteiger partial charge in [0.25, 0.3) is 16.3 Å². The van der Waals surface area contributed by atoms with Crippen LogP contribution >= 0.6 is 0 Å². The van der Waals surface area contributed by atoms with Gasteiger partial charge in [-0.1, -0.05) is 30.3 Å². The van der Waals surface area contributed by atoms with E-state index in [0.717, 1.165) is 22.7 Å². The van der Waals surface area contributed by atoms with Crippen molar-refractivity contribution in [3.8, 4) is 11.3 Å². The number of benzene rings is 1. The van der Waals surface area contributed by atoms with Gasteiger partial charge in [0.05, 0.1) is 5.69 Å². The Labute approximate surface area is 97.4 Å². The average Bonchev–Trinajstić information content (AvgIpc) is 2.83. The lowest BCUT2D eigenvalue weighted by Gasteiger charge is -2.02. The largest absolute Gasteiger partial charge is 0.349 e. The molecule has 0 fully saturated rings. The van der Waals surface area contributed by atoms with Crippen LogP contribution in [-0.2, 0) is 13.0 Å². The Morgan fingerprint density at radius 2 is 2.00 bits per heavy atom. The summed E-state index contributed by atoms with van der Waals surface area (Å²) in [6, 6.07) is 10.5. The fourth-order valence-corrected chi connectivity index (χ4v) is 3.23. The first kappa shape index (κ1) is 9.21. The van der Waals surface area contributed by atoms with Crippen molar-refractivity contribution in [1.29, 1.82) is 0 Å². The predicted molar refractivity (Wildman–Crippen MR) is 64.2 cm³/mol. The van der Waals surface area contributed by atoms with E-state index in [1.807, 2.05) is 0 Å². The van der Waals surface area contributed by atoms with Crippen LogP contribution in [0.25, 0.3) is 11.3 Å². The molecule has 0 aliphatic carbocycles. The zero-order valence-corrected chi connectivity index (χ0v) is 10.9. The van der Waals surface area contributed by atoms with E-state index >= 15 is 0 Å². The summed E-state index contributed by atoms with van der Waals surface area (Å²) in [6.45, 7) is 1.17. The van der Waals surface area contributed by atoms with Crippen molar-refractivity contribution in [2.75, 3.05) is 0 Å². The second-order valence-corrected chi connectivity index (χ2v) is 5.03. The SMILES string of the molecule is [AlH2][c]1c(-c2ccccc2)nc2n1CCC2. The number of hydrogen-bond donors (Lipinski definition) is 0. The smallest absolute Gasteiger partial charge is 0.290 e. The van der Waals surface area contributed by atoms with E-state index in [1.54, 1.807) is 0 Å². The zero-order chi connectivity index (χ0) is 10.3. The molecule has 0 saturated carbocycles. The highest BCUT2D eigenvalue weighted by Crippen LogP contribution is 2.19. The lowest BCUT2D eigenvalue weighted by atomic mass is 10.2. The quantitative estimate of drug-likeness (QED) is 0.638. The molecule has 3 rings (SSSR count).